The molecule has 1 saturated heterocycles. The molecular formula is C14H18ClN3OS. The highest BCUT2D eigenvalue weighted by molar-refractivity contribution is 7.80. The molecule has 1 fully saturated rings. The Morgan fingerprint density at radius 2 is 2.00 bits per heavy atom. The Hall–Kier alpha value is -1.33. The summed E-state index contributed by atoms with van der Waals surface area (Å²) in [5, 5.41) is 0.578. The van der Waals surface area contributed by atoms with Gasteiger partial charge >= 0.3 is 0 Å². The van der Waals surface area contributed by atoms with Crippen LogP contribution in [0.25, 0.3) is 0 Å². The molecule has 1 aliphatic rings. The summed E-state index contributed by atoms with van der Waals surface area (Å²) in [6, 6.07) is 5.73. The van der Waals surface area contributed by atoms with Crippen molar-refractivity contribution in [2.24, 2.45) is 17.4 Å². The van der Waals surface area contributed by atoms with Gasteiger partial charge in [-0.25, -0.2) is 0 Å². The number of anilines is 1. The first-order chi connectivity index (χ1) is 9.47. The molecule has 0 spiro atoms. The van der Waals surface area contributed by atoms with E-state index in [1.165, 1.54) is 0 Å². The molecule has 0 unspecified atom stereocenters. The fourth-order valence-corrected chi connectivity index (χ4v) is 3.09. The highest BCUT2D eigenvalue weighted by atomic mass is 35.5. The normalized spacial score (nSPS) is 16.1. The van der Waals surface area contributed by atoms with Crippen LogP contribution in [0.4, 0.5) is 5.69 Å². The number of carbonyl (C=O) groups excluding carboxylic acids is 1. The third kappa shape index (κ3) is 3.61. The van der Waals surface area contributed by atoms with Crippen LogP contribution in [-0.4, -0.2) is 24.0 Å². The summed E-state index contributed by atoms with van der Waals surface area (Å²) >= 11 is 11.1. The largest absolute Gasteiger partial charge is 0.389 e. The lowest BCUT2D eigenvalue weighted by Crippen LogP contribution is -2.35. The zero-order valence-corrected chi connectivity index (χ0v) is 12.7. The van der Waals surface area contributed by atoms with E-state index in [1.807, 2.05) is 18.2 Å². The molecular weight excluding hydrogens is 294 g/mol. The van der Waals surface area contributed by atoms with Crippen LogP contribution < -0.4 is 16.4 Å². The topological polar surface area (TPSA) is 72.4 Å². The molecule has 1 aliphatic heterocycles. The molecule has 0 radical (unpaired) electrons. The summed E-state index contributed by atoms with van der Waals surface area (Å²) in [6.45, 7) is 1.81. The van der Waals surface area contributed by atoms with E-state index in [2.05, 4.69) is 4.90 Å². The number of hydrogen-bond donors (Lipinski definition) is 2. The number of piperidine rings is 1. The van der Waals surface area contributed by atoms with Gasteiger partial charge in [-0.15, -0.1) is 0 Å². The molecule has 4 nitrogen and oxygen atoms in total. The predicted octanol–water partition coefficient (Wildman–Crippen LogP) is 2.07. The third-order valence-electron chi connectivity index (χ3n) is 3.69. The highest BCUT2D eigenvalue weighted by Crippen LogP contribution is 2.28. The average molecular weight is 312 g/mol. The first-order valence-corrected chi connectivity index (χ1v) is 7.38. The Kier molecular flexibility index (Phi) is 4.83. The highest BCUT2D eigenvalue weighted by Gasteiger charge is 2.21. The van der Waals surface area contributed by atoms with E-state index in [9.17, 15) is 4.79 Å². The van der Waals surface area contributed by atoms with Gasteiger partial charge in [-0.1, -0.05) is 23.8 Å². The molecule has 6 heteroatoms. The van der Waals surface area contributed by atoms with E-state index in [1.54, 1.807) is 0 Å². The van der Waals surface area contributed by atoms with E-state index < -0.39 is 0 Å². The number of primary amides is 1. The molecule has 1 aromatic carbocycles. The van der Waals surface area contributed by atoms with Crippen molar-refractivity contribution >= 4 is 40.4 Å². The number of nitrogens with zero attached hydrogens (tertiary/aromatic N) is 1. The van der Waals surface area contributed by atoms with Crippen LogP contribution in [0.15, 0.2) is 18.2 Å². The van der Waals surface area contributed by atoms with Crippen molar-refractivity contribution in [1.82, 2.24) is 0 Å². The van der Waals surface area contributed by atoms with Crippen molar-refractivity contribution < 1.29 is 4.79 Å². The van der Waals surface area contributed by atoms with Gasteiger partial charge in [0.2, 0.25) is 5.91 Å². The number of thiocarbonyl (C=S) groups is 1. The standard InChI is InChI=1S/C14H18ClN3OS/c15-12-8-10(1-2-11(12)14(17)20)18-5-3-9(4-6-18)7-13(16)19/h1-2,8-9H,3-7H2,(H2,16,19)(H2,17,20). The molecule has 4 N–H and O–H groups in total. The van der Waals surface area contributed by atoms with Crippen LogP contribution in [0.2, 0.25) is 5.02 Å². The smallest absolute Gasteiger partial charge is 0.217 e. The minimum absolute atomic E-state index is 0.215. The van der Waals surface area contributed by atoms with Crippen LogP contribution in [0, 0.1) is 5.92 Å². The van der Waals surface area contributed by atoms with E-state index in [-0.39, 0.29) is 5.91 Å². The lowest BCUT2D eigenvalue weighted by atomic mass is 9.93. The van der Waals surface area contributed by atoms with Gasteiger partial charge in [-0.05, 0) is 37.0 Å². The third-order valence-corrected chi connectivity index (χ3v) is 4.22. The van der Waals surface area contributed by atoms with Crippen molar-refractivity contribution in [2.75, 3.05) is 18.0 Å². The van der Waals surface area contributed by atoms with E-state index in [0.717, 1.165) is 31.6 Å². The summed E-state index contributed by atoms with van der Waals surface area (Å²) in [6.07, 6.45) is 2.42. The van der Waals surface area contributed by atoms with Gasteiger partial charge < -0.3 is 16.4 Å². The van der Waals surface area contributed by atoms with Gasteiger partial charge in [-0.3, -0.25) is 4.79 Å². The first kappa shape index (κ1) is 15.1. The fraction of sp³-hybridized carbons (Fsp3) is 0.429. The molecule has 2 rings (SSSR count). The summed E-state index contributed by atoms with van der Waals surface area (Å²) in [5.41, 5.74) is 12.6. The van der Waals surface area contributed by atoms with Gasteiger partial charge in [0, 0.05) is 30.8 Å². The quantitative estimate of drug-likeness (QED) is 0.835. The van der Waals surface area contributed by atoms with Crippen LogP contribution >= 0.6 is 23.8 Å². The zero-order chi connectivity index (χ0) is 14.7. The summed E-state index contributed by atoms with van der Waals surface area (Å²) in [7, 11) is 0. The molecule has 108 valence electrons. The van der Waals surface area contributed by atoms with Gasteiger partial charge in [0.25, 0.3) is 0 Å². The lowest BCUT2D eigenvalue weighted by Gasteiger charge is -2.33. The second-order valence-corrected chi connectivity index (χ2v) is 5.98. The Balaban J connectivity index is 2.02. The van der Waals surface area contributed by atoms with Crippen molar-refractivity contribution in [3.8, 4) is 0 Å². The Morgan fingerprint density at radius 3 is 2.50 bits per heavy atom. The number of rotatable bonds is 4. The van der Waals surface area contributed by atoms with Crippen LogP contribution in [0.5, 0.6) is 0 Å². The van der Waals surface area contributed by atoms with Gasteiger partial charge in [0.15, 0.2) is 0 Å². The molecule has 0 atom stereocenters. The van der Waals surface area contributed by atoms with E-state index >= 15 is 0 Å². The van der Waals surface area contributed by atoms with Crippen molar-refractivity contribution in [3.63, 3.8) is 0 Å². The molecule has 1 amide bonds. The van der Waals surface area contributed by atoms with Gasteiger partial charge in [0.1, 0.15) is 4.99 Å². The molecule has 0 aliphatic carbocycles. The predicted molar refractivity (Wildman–Crippen MR) is 86.1 cm³/mol. The van der Waals surface area contributed by atoms with Crippen LogP contribution in [-0.2, 0) is 4.79 Å². The molecule has 20 heavy (non-hydrogen) atoms. The molecule has 0 aromatic heterocycles. The maximum Gasteiger partial charge on any atom is 0.217 e. The maximum absolute atomic E-state index is 10.9. The molecule has 0 saturated carbocycles. The molecule has 0 bridgehead atoms. The number of benzene rings is 1. The second kappa shape index (κ2) is 6.41. The average Bonchev–Trinajstić information content (AvgIpc) is 2.38. The zero-order valence-electron chi connectivity index (χ0n) is 11.1. The second-order valence-electron chi connectivity index (χ2n) is 5.13. The van der Waals surface area contributed by atoms with Gasteiger partial charge in [-0.2, -0.15) is 0 Å². The number of nitrogens with two attached hydrogens (primary N) is 2. The molecule has 1 heterocycles. The van der Waals surface area contributed by atoms with Gasteiger partial charge in [0.05, 0.1) is 5.02 Å². The minimum atomic E-state index is -0.215. The number of amides is 1. The van der Waals surface area contributed by atoms with Crippen LogP contribution in [0.1, 0.15) is 24.8 Å². The maximum atomic E-state index is 10.9. The Labute approximate surface area is 129 Å². The number of halogens is 1. The first-order valence-electron chi connectivity index (χ1n) is 6.60. The molecule has 1 aromatic rings. The van der Waals surface area contributed by atoms with Crippen molar-refractivity contribution in [3.05, 3.63) is 28.8 Å². The monoisotopic (exact) mass is 311 g/mol. The lowest BCUT2D eigenvalue weighted by molar-refractivity contribution is -0.119. The fourth-order valence-electron chi connectivity index (χ4n) is 2.58. The summed E-state index contributed by atoms with van der Waals surface area (Å²) < 4.78 is 0. The number of hydrogen-bond acceptors (Lipinski definition) is 3. The Bertz CT molecular complexity index is 527. The van der Waals surface area contributed by atoms with Crippen LogP contribution in [0.3, 0.4) is 0 Å². The van der Waals surface area contributed by atoms with E-state index in [0.29, 0.717) is 27.9 Å². The Morgan fingerprint density at radius 1 is 1.35 bits per heavy atom. The van der Waals surface area contributed by atoms with Crippen molar-refractivity contribution in [1.29, 1.82) is 0 Å². The minimum Gasteiger partial charge on any atom is -0.389 e. The SMILES string of the molecule is NC(=O)CC1CCN(c2ccc(C(N)=S)c(Cl)c2)CC1. The summed E-state index contributed by atoms with van der Waals surface area (Å²) in [4.78, 5) is 13.5. The summed E-state index contributed by atoms with van der Waals surface area (Å²) in [5.74, 6) is 0.183. The van der Waals surface area contributed by atoms with E-state index in [4.69, 9.17) is 35.3 Å². The van der Waals surface area contributed by atoms with Crippen molar-refractivity contribution in [2.45, 2.75) is 19.3 Å². The number of carbonyl (C=O) groups is 1.